The predicted molar refractivity (Wildman–Crippen MR) is 82.1 cm³/mol. The third-order valence-electron chi connectivity index (χ3n) is 3.62. The predicted octanol–water partition coefficient (Wildman–Crippen LogP) is 2.77. The number of nitrogens with zero attached hydrogens (tertiary/aromatic N) is 4. The molecule has 0 aliphatic heterocycles. The van der Waals surface area contributed by atoms with Gasteiger partial charge in [-0.05, 0) is 31.2 Å². The maximum absolute atomic E-state index is 13.1. The summed E-state index contributed by atoms with van der Waals surface area (Å²) in [4.78, 5) is 10.1. The van der Waals surface area contributed by atoms with Crippen LogP contribution < -0.4 is 10.6 Å². The van der Waals surface area contributed by atoms with Crippen LogP contribution in [0.25, 0.3) is 11.0 Å². The van der Waals surface area contributed by atoms with Gasteiger partial charge in [0.1, 0.15) is 5.52 Å². The molecular formula is C15H16FN5. The molecule has 0 saturated carbocycles. The summed E-state index contributed by atoms with van der Waals surface area (Å²) in [6.07, 6.45) is 1.73. The summed E-state index contributed by atoms with van der Waals surface area (Å²) >= 11 is 0. The Labute approximate surface area is 121 Å². The number of imidazole rings is 1. The molecule has 21 heavy (non-hydrogen) atoms. The minimum atomic E-state index is -0.480. The van der Waals surface area contributed by atoms with Gasteiger partial charge in [-0.15, -0.1) is 0 Å². The second kappa shape index (κ2) is 4.73. The summed E-state index contributed by atoms with van der Waals surface area (Å²) in [5, 5.41) is 0. The van der Waals surface area contributed by atoms with Crippen LogP contribution in [0.5, 0.6) is 0 Å². The molecule has 5 nitrogen and oxygen atoms in total. The molecule has 0 saturated heterocycles. The standard InChI is InChI=1S/C15H16FN5/c1-9-12(4-5-14(16)19-9)21(3)10-6-11(17)15-13(7-10)20(2)8-18-15/h4-8H,17H2,1-3H3. The van der Waals surface area contributed by atoms with Crippen LogP contribution in [0, 0.1) is 12.9 Å². The van der Waals surface area contributed by atoms with E-state index in [1.165, 1.54) is 6.07 Å². The summed E-state index contributed by atoms with van der Waals surface area (Å²) in [6.45, 7) is 1.78. The number of aromatic nitrogens is 3. The molecule has 0 unspecified atom stereocenters. The van der Waals surface area contributed by atoms with Crippen LogP contribution in [0.2, 0.25) is 0 Å². The van der Waals surface area contributed by atoms with Crippen LogP contribution in [0.15, 0.2) is 30.6 Å². The normalized spacial score (nSPS) is 11.0. The first kappa shape index (κ1) is 13.4. The minimum absolute atomic E-state index is 0.480. The summed E-state index contributed by atoms with van der Waals surface area (Å²) in [5.74, 6) is -0.480. The molecule has 3 rings (SSSR count). The van der Waals surface area contributed by atoms with E-state index in [9.17, 15) is 4.39 Å². The molecule has 108 valence electrons. The SMILES string of the molecule is Cc1nc(F)ccc1N(C)c1cc(N)c2ncn(C)c2c1. The quantitative estimate of drug-likeness (QED) is 0.581. The highest BCUT2D eigenvalue weighted by Gasteiger charge is 2.13. The average Bonchev–Trinajstić information content (AvgIpc) is 2.80. The third-order valence-corrected chi connectivity index (χ3v) is 3.62. The molecule has 2 heterocycles. The van der Waals surface area contributed by atoms with Gasteiger partial charge in [-0.3, -0.25) is 0 Å². The molecule has 0 aliphatic rings. The van der Waals surface area contributed by atoms with Crippen molar-refractivity contribution in [1.29, 1.82) is 0 Å². The van der Waals surface area contributed by atoms with Crippen molar-refractivity contribution in [3.8, 4) is 0 Å². The highest BCUT2D eigenvalue weighted by atomic mass is 19.1. The fraction of sp³-hybridized carbons (Fsp3) is 0.200. The van der Waals surface area contributed by atoms with Gasteiger partial charge in [0.15, 0.2) is 0 Å². The molecule has 0 atom stereocenters. The maximum Gasteiger partial charge on any atom is 0.213 e. The number of fused-ring (bicyclic) bond motifs is 1. The largest absolute Gasteiger partial charge is 0.397 e. The second-order valence-corrected chi connectivity index (χ2v) is 5.06. The second-order valence-electron chi connectivity index (χ2n) is 5.06. The smallest absolute Gasteiger partial charge is 0.213 e. The maximum atomic E-state index is 13.1. The number of nitrogens with two attached hydrogens (primary N) is 1. The number of hydrogen-bond acceptors (Lipinski definition) is 4. The van der Waals surface area contributed by atoms with E-state index in [2.05, 4.69) is 9.97 Å². The Morgan fingerprint density at radius 2 is 2.05 bits per heavy atom. The summed E-state index contributed by atoms with van der Waals surface area (Å²) < 4.78 is 15.1. The van der Waals surface area contributed by atoms with E-state index >= 15 is 0 Å². The van der Waals surface area contributed by atoms with Gasteiger partial charge in [-0.2, -0.15) is 4.39 Å². The van der Waals surface area contributed by atoms with Gasteiger partial charge in [0.05, 0.1) is 28.9 Å². The van der Waals surface area contributed by atoms with Crippen molar-refractivity contribution < 1.29 is 4.39 Å². The summed E-state index contributed by atoms with van der Waals surface area (Å²) in [7, 11) is 3.82. The van der Waals surface area contributed by atoms with Crippen LogP contribution >= 0.6 is 0 Å². The topological polar surface area (TPSA) is 60.0 Å². The molecule has 0 spiro atoms. The zero-order valence-electron chi connectivity index (χ0n) is 12.1. The van der Waals surface area contributed by atoms with Crippen LogP contribution in [-0.4, -0.2) is 21.6 Å². The van der Waals surface area contributed by atoms with Crippen molar-refractivity contribution in [2.45, 2.75) is 6.92 Å². The summed E-state index contributed by atoms with van der Waals surface area (Å²) in [6, 6.07) is 6.92. The molecule has 6 heteroatoms. The lowest BCUT2D eigenvalue weighted by molar-refractivity contribution is 0.580. The van der Waals surface area contributed by atoms with Gasteiger partial charge >= 0.3 is 0 Å². The van der Waals surface area contributed by atoms with Crippen LogP contribution in [-0.2, 0) is 7.05 Å². The number of nitrogen functional groups attached to an aromatic ring is 1. The van der Waals surface area contributed by atoms with Gasteiger partial charge in [0.25, 0.3) is 0 Å². The molecule has 0 aliphatic carbocycles. The number of aryl methyl sites for hydroxylation is 2. The Morgan fingerprint density at radius 1 is 1.29 bits per heavy atom. The van der Waals surface area contributed by atoms with Crippen molar-refractivity contribution in [3.63, 3.8) is 0 Å². The minimum Gasteiger partial charge on any atom is -0.397 e. The number of benzene rings is 1. The van der Waals surface area contributed by atoms with Crippen molar-refractivity contribution in [1.82, 2.24) is 14.5 Å². The van der Waals surface area contributed by atoms with Crippen molar-refractivity contribution >= 4 is 28.1 Å². The average molecular weight is 285 g/mol. The van der Waals surface area contributed by atoms with Crippen molar-refractivity contribution in [2.75, 3.05) is 17.7 Å². The molecule has 1 aromatic carbocycles. The van der Waals surface area contributed by atoms with Gasteiger partial charge in [-0.25, -0.2) is 9.97 Å². The Kier molecular flexibility index (Phi) is 3.01. The number of halogens is 1. The lowest BCUT2D eigenvalue weighted by Gasteiger charge is -2.21. The monoisotopic (exact) mass is 285 g/mol. The van der Waals surface area contributed by atoms with Crippen LogP contribution in [0.3, 0.4) is 0 Å². The van der Waals surface area contributed by atoms with Crippen LogP contribution in [0.4, 0.5) is 21.5 Å². The number of pyridine rings is 1. The number of anilines is 3. The fourth-order valence-corrected chi connectivity index (χ4v) is 2.45. The Morgan fingerprint density at radius 3 is 2.76 bits per heavy atom. The first-order valence-corrected chi connectivity index (χ1v) is 6.55. The van der Waals surface area contributed by atoms with E-state index in [1.807, 2.05) is 35.7 Å². The molecule has 0 fully saturated rings. The Hall–Kier alpha value is -2.63. The van der Waals surface area contributed by atoms with Crippen LogP contribution in [0.1, 0.15) is 5.69 Å². The van der Waals surface area contributed by atoms with E-state index in [-0.39, 0.29) is 0 Å². The first-order valence-electron chi connectivity index (χ1n) is 6.55. The van der Waals surface area contributed by atoms with Crippen molar-refractivity contribution in [2.24, 2.45) is 7.05 Å². The van der Waals surface area contributed by atoms with E-state index < -0.39 is 5.95 Å². The van der Waals surface area contributed by atoms with E-state index in [1.54, 1.807) is 19.3 Å². The molecule has 0 radical (unpaired) electrons. The van der Waals surface area contributed by atoms with E-state index in [4.69, 9.17) is 5.73 Å². The highest BCUT2D eigenvalue weighted by Crippen LogP contribution is 2.31. The molecule has 2 aromatic heterocycles. The number of hydrogen-bond donors (Lipinski definition) is 1. The van der Waals surface area contributed by atoms with E-state index in [0.717, 1.165) is 22.4 Å². The van der Waals surface area contributed by atoms with Gasteiger partial charge in [0.2, 0.25) is 5.95 Å². The third kappa shape index (κ3) is 2.18. The molecule has 2 N–H and O–H groups in total. The van der Waals surface area contributed by atoms with E-state index in [0.29, 0.717) is 11.4 Å². The molecule has 3 aromatic rings. The highest BCUT2D eigenvalue weighted by molar-refractivity contribution is 5.91. The van der Waals surface area contributed by atoms with Gasteiger partial charge in [0, 0.05) is 19.8 Å². The first-order chi connectivity index (χ1) is 9.97. The summed E-state index contributed by atoms with van der Waals surface area (Å²) in [5.41, 5.74) is 10.8. The molecular weight excluding hydrogens is 269 g/mol. The molecule has 0 bridgehead atoms. The lowest BCUT2D eigenvalue weighted by atomic mass is 10.2. The van der Waals surface area contributed by atoms with Gasteiger partial charge < -0.3 is 15.2 Å². The number of rotatable bonds is 2. The Bertz CT molecular complexity index is 824. The van der Waals surface area contributed by atoms with Gasteiger partial charge in [-0.1, -0.05) is 0 Å². The zero-order chi connectivity index (χ0) is 15.1. The lowest BCUT2D eigenvalue weighted by Crippen LogP contribution is -2.12. The molecule has 0 amide bonds. The van der Waals surface area contributed by atoms with Crippen molar-refractivity contribution in [3.05, 3.63) is 42.2 Å². The zero-order valence-corrected chi connectivity index (χ0v) is 12.1. The fourth-order valence-electron chi connectivity index (χ4n) is 2.45. The Balaban J connectivity index is 2.12.